The summed E-state index contributed by atoms with van der Waals surface area (Å²) in [4.78, 5) is 34.3. The van der Waals surface area contributed by atoms with E-state index in [9.17, 15) is 14.4 Å². The minimum absolute atomic E-state index is 0.0562. The molecule has 0 aromatic heterocycles. The van der Waals surface area contributed by atoms with Crippen molar-refractivity contribution >= 4 is 17.8 Å². The Hall–Kier alpha value is -1.65. The van der Waals surface area contributed by atoms with Crippen LogP contribution >= 0.6 is 0 Å². The molecule has 5 nitrogen and oxygen atoms in total. The summed E-state index contributed by atoms with van der Waals surface area (Å²) in [6.45, 7) is 1.91. The van der Waals surface area contributed by atoms with Crippen molar-refractivity contribution in [3.05, 3.63) is 12.2 Å². The maximum Gasteiger partial charge on any atom is 0.330 e. The standard InChI is InChI=1S/C10H13NO4/c1-2-3-10(14)15-7-6-11-8(12)4-5-9(11)13/h2-3H,4-7H2,1H3/b3-2+. The number of esters is 1. The molecule has 0 radical (unpaired) electrons. The van der Waals surface area contributed by atoms with E-state index in [1.165, 1.54) is 6.08 Å². The van der Waals surface area contributed by atoms with Crippen LogP contribution in [0.15, 0.2) is 12.2 Å². The summed E-state index contributed by atoms with van der Waals surface area (Å²) in [6.07, 6.45) is 3.38. The number of likely N-dealkylation sites (tertiary alicyclic amines) is 1. The second-order valence-electron chi connectivity index (χ2n) is 3.11. The Morgan fingerprint density at radius 2 is 2.00 bits per heavy atom. The summed E-state index contributed by atoms with van der Waals surface area (Å²) in [6, 6.07) is 0. The van der Waals surface area contributed by atoms with Crippen molar-refractivity contribution in [2.24, 2.45) is 0 Å². The highest BCUT2D eigenvalue weighted by Crippen LogP contribution is 2.10. The van der Waals surface area contributed by atoms with Crippen LogP contribution < -0.4 is 0 Å². The summed E-state index contributed by atoms with van der Waals surface area (Å²) in [5.41, 5.74) is 0. The van der Waals surface area contributed by atoms with Crippen molar-refractivity contribution in [3.63, 3.8) is 0 Å². The second kappa shape index (κ2) is 5.29. The minimum atomic E-state index is -0.461. The molecular weight excluding hydrogens is 198 g/mol. The number of hydrogen-bond donors (Lipinski definition) is 0. The van der Waals surface area contributed by atoms with Crippen LogP contribution in [-0.2, 0) is 19.1 Å². The topological polar surface area (TPSA) is 63.7 Å². The van der Waals surface area contributed by atoms with E-state index >= 15 is 0 Å². The average Bonchev–Trinajstić information content (AvgIpc) is 2.49. The molecule has 1 fully saturated rings. The molecule has 1 aliphatic heterocycles. The van der Waals surface area contributed by atoms with Crippen LogP contribution in [0.4, 0.5) is 0 Å². The van der Waals surface area contributed by atoms with E-state index in [0.717, 1.165) is 4.90 Å². The molecule has 5 heteroatoms. The number of imide groups is 1. The molecule has 1 heterocycles. The molecule has 0 N–H and O–H groups in total. The van der Waals surface area contributed by atoms with Gasteiger partial charge in [0.15, 0.2) is 0 Å². The molecule has 0 spiro atoms. The van der Waals surface area contributed by atoms with Gasteiger partial charge in [-0.25, -0.2) is 4.79 Å². The first kappa shape index (κ1) is 11.4. The van der Waals surface area contributed by atoms with Crippen LogP contribution in [-0.4, -0.2) is 35.8 Å². The van der Waals surface area contributed by atoms with Crippen molar-refractivity contribution in [3.8, 4) is 0 Å². The molecule has 82 valence electrons. The lowest BCUT2D eigenvalue weighted by molar-refractivity contribution is -0.144. The van der Waals surface area contributed by atoms with Crippen molar-refractivity contribution in [2.75, 3.05) is 13.2 Å². The Labute approximate surface area is 87.7 Å². The van der Waals surface area contributed by atoms with E-state index in [-0.39, 0.29) is 37.8 Å². The summed E-state index contributed by atoms with van der Waals surface area (Å²) in [5, 5.41) is 0. The number of allylic oxidation sites excluding steroid dienone is 1. The van der Waals surface area contributed by atoms with Gasteiger partial charge in [0.05, 0.1) is 6.54 Å². The zero-order valence-electron chi connectivity index (χ0n) is 8.56. The van der Waals surface area contributed by atoms with E-state index < -0.39 is 5.97 Å². The number of nitrogens with zero attached hydrogens (tertiary/aromatic N) is 1. The van der Waals surface area contributed by atoms with Gasteiger partial charge in [-0.15, -0.1) is 0 Å². The Balaban J connectivity index is 2.28. The molecule has 1 aliphatic rings. The first-order chi connectivity index (χ1) is 7.15. The minimum Gasteiger partial charge on any atom is -0.461 e. The van der Waals surface area contributed by atoms with Crippen molar-refractivity contribution in [1.29, 1.82) is 0 Å². The fourth-order valence-corrected chi connectivity index (χ4v) is 1.29. The Morgan fingerprint density at radius 3 is 2.53 bits per heavy atom. The Bertz CT molecular complexity index is 293. The molecule has 0 aromatic carbocycles. The van der Waals surface area contributed by atoms with Gasteiger partial charge in [-0.2, -0.15) is 0 Å². The van der Waals surface area contributed by atoms with E-state index in [1.807, 2.05) is 0 Å². The third-order valence-electron chi connectivity index (χ3n) is 2.02. The summed E-state index contributed by atoms with van der Waals surface area (Å²) >= 11 is 0. The number of amides is 2. The van der Waals surface area contributed by atoms with Gasteiger partial charge in [0.25, 0.3) is 0 Å². The molecule has 15 heavy (non-hydrogen) atoms. The maximum absolute atomic E-state index is 11.1. The zero-order chi connectivity index (χ0) is 11.3. The van der Waals surface area contributed by atoms with E-state index in [1.54, 1.807) is 13.0 Å². The molecule has 0 atom stereocenters. The van der Waals surface area contributed by atoms with Crippen LogP contribution in [0.1, 0.15) is 19.8 Å². The number of carbonyl (C=O) groups excluding carboxylic acids is 3. The van der Waals surface area contributed by atoms with Crippen LogP contribution in [0.5, 0.6) is 0 Å². The van der Waals surface area contributed by atoms with Crippen LogP contribution in [0.2, 0.25) is 0 Å². The number of rotatable bonds is 4. The second-order valence-corrected chi connectivity index (χ2v) is 3.11. The Morgan fingerprint density at radius 1 is 1.40 bits per heavy atom. The molecule has 0 aliphatic carbocycles. The van der Waals surface area contributed by atoms with E-state index in [0.29, 0.717) is 0 Å². The van der Waals surface area contributed by atoms with Crippen molar-refractivity contribution in [2.45, 2.75) is 19.8 Å². The highest BCUT2D eigenvalue weighted by molar-refractivity contribution is 6.01. The highest BCUT2D eigenvalue weighted by Gasteiger charge is 2.28. The lowest BCUT2D eigenvalue weighted by atomic mass is 10.4. The highest BCUT2D eigenvalue weighted by atomic mass is 16.5. The SMILES string of the molecule is C/C=C/C(=O)OCCN1C(=O)CCC1=O. The van der Waals surface area contributed by atoms with E-state index in [4.69, 9.17) is 4.74 Å². The monoisotopic (exact) mass is 211 g/mol. The predicted octanol–water partition coefficient (Wildman–Crippen LogP) is 0.255. The molecule has 0 bridgehead atoms. The smallest absolute Gasteiger partial charge is 0.330 e. The first-order valence-corrected chi connectivity index (χ1v) is 4.78. The van der Waals surface area contributed by atoms with Gasteiger partial charge in [0, 0.05) is 18.9 Å². The van der Waals surface area contributed by atoms with Crippen molar-refractivity contribution < 1.29 is 19.1 Å². The van der Waals surface area contributed by atoms with Crippen molar-refractivity contribution in [1.82, 2.24) is 4.90 Å². The largest absolute Gasteiger partial charge is 0.461 e. The number of hydrogen-bond acceptors (Lipinski definition) is 4. The van der Waals surface area contributed by atoms with Crippen LogP contribution in [0.3, 0.4) is 0 Å². The molecule has 1 saturated heterocycles. The molecule has 2 amide bonds. The normalized spacial score (nSPS) is 16.5. The van der Waals surface area contributed by atoms with Gasteiger partial charge < -0.3 is 4.74 Å². The van der Waals surface area contributed by atoms with E-state index in [2.05, 4.69) is 0 Å². The lowest BCUT2D eigenvalue weighted by Crippen LogP contribution is -2.32. The molecule has 1 rings (SSSR count). The molecular formula is C10H13NO4. The third kappa shape index (κ3) is 3.19. The van der Waals surface area contributed by atoms with Crippen LogP contribution in [0, 0.1) is 0 Å². The number of carbonyl (C=O) groups is 3. The van der Waals surface area contributed by atoms with Gasteiger partial charge in [-0.3, -0.25) is 14.5 Å². The average molecular weight is 211 g/mol. The van der Waals surface area contributed by atoms with Gasteiger partial charge in [-0.1, -0.05) is 6.08 Å². The summed E-state index contributed by atoms with van der Waals surface area (Å²) in [5.74, 6) is -0.847. The Kier molecular flexibility index (Phi) is 4.03. The molecule has 0 aromatic rings. The summed E-state index contributed by atoms with van der Waals surface area (Å²) < 4.78 is 4.77. The molecule has 0 saturated carbocycles. The lowest BCUT2D eigenvalue weighted by Gasteiger charge is -2.12. The summed E-state index contributed by atoms with van der Waals surface area (Å²) in [7, 11) is 0. The van der Waals surface area contributed by atoms with Gasteiger partial charge in [0.2, 0.25) is 11.8 Å². The predicted molar refractivity (Wildman–Crippen MR) is 51.7 cm³/mol. The fourth-order valence-electron chi connectivity index (χ4n) is 1.29. The van der Waals surface area contributed by atoms with Gasteiger partial charge >= 0.3 is 5.97 Å². The van der Waals surface area contributed by atoms with Gasteiger partial charge in [-0.05, 0) is 6.92 Å². The molecule has 0 unspecified atom stereocenters. The fraction of sp³-hybridized carbons (Fsp3) is 0.500. The number of ether oxygens (including phenoxy) is 1. The quantitative estimate of drug-likeness (QED) is 0.380. The third-order valence-corrected chi connectivity index (χ3v) is 2.02. The zero-order valence-corrected chi connectivity index (χ0v) is 8.56. The first-order valence-electron chi connectivity index (χ1n) is 4.78. The van der Waals surface area contributed by atoms with Gasteiger partial charge in [0.1, 0.15) is 6.61 Å². The van der Waals surface area contributed by atoms with Crippen LogP contribution in [0.25, 0.3) is 0 Å². The maximum atomic E-state index is 11.1.